The van der Waals surface area contributed by atoms with Gasteiger partial charge in [-0.1, -0.05) is 18.2 Å². The number of carbonyl (C=O) groups is 4. The van der Waals surface area contributed by atoms with Crippen LogP contribution in [0.2, 0.25) is 0 Å². The Morgan fingerprint density at radius 1 is 1.09 bits per heavy atom. The van der Waals surface area contributed by atoms with Crippen LogP contribution in [0.25, 0.3) is 10.9 Å². The van der Waals surface area contributed by atoms with E-state index in [2.05, 4.69) is 26.2 Å². The van der Waals surface area contributed by atoms with Gasteiger partial charge in [-0.25, -0.2) is 4.79 Å². The van der Waals surface area contributed by atoms with E-state index >= 15 is 0 Å². The average molecular weight is 778 g/mol. The highest BCUT2D eigenvalue weighted by Gasteiger charge is 2.63. The molecule has 11 rings (SSSR count). The van der Waals surface area contributed by atoms with Gasteiger partial charge < -0.3 is 28.7 Å². The molecule has 8 aliphatic rings. The molecule has 0 saturated carbocycles. The predicted molar refractivity (Wildman–Crippen MR) is 201 cm³/mol. The van der Waals surface area contributed by atoms with Gasteiger partial charge in [-0.2, -0.15) is 5.26 Å². The summed E-state index contributed by atoms with van der Waals surface area (Å²) in [5, 5.41) is 15.1. The van der Waals surface area contributed by atoms with Crippen molar-refractivity contribution in [2.45, 2.75) is 74.6 Å². The molecule has 7 aliphatic heterocycles. The standard InChI is InChI=1S/C41H39N5O9S/c1-17-32(48)22-12-24-25(13-42)46-26-14-52-40(50)41(39-21(10-11-43-41)20-8-6-7-9-23(20)44-39)15-56-38(31(46)30(45(24)4)27(22)33(49)35(17)51-5)29-28(26)37-36(53-16-54-37)18(2)34(29)55-19(3)47/h6-9,24-26,30-31,38,43-44H,10-12,14-16H2,1-5H3/t24?,25-,26-,30?,31?,38?,41+/m0/s1. The number of thioether (sulfide) groups is 1. The van der Waals surface area contributed by atoms with Crippen molar-refractivity contribution in [1.29, 1.82) is 5.26 Å². The van der Waals surface area contributed by atoms with Gasteiger partial charge in [-0.3, -0.25) is 29.5 Å². The number of esters is 2. The zero-order valence-electron chi connectivity index (χ0n) is 31.4. The maximum absolute atomic E-state index is 14.8. The number of aromatic amines is 1. The lowest BCUT2D eigenvalue weighted by molar-refractivity contribution is -0.157. The smallest absolute Gasteiger partial charge is 0.333 e. The maximum Gasteiger partial charge on any atom is 0.333 e. The molecule has 2 aromatic carbocycles. The summed E-state index contributed by atoms with van der Waals surface area (Å²) in [7, 11) is 3.29. The zero-order valence-corrected chi connectivity index (χ0v) is 32.3. The molecule has 14 nitrogen and oxygen atoms in total. The highest BCUT2D eigenvalue weighted by Crippen LogP contribution is 2.63. The Bertz CT molecular complexity index is 2450. The number of carbonyl (C=O) groups excluding carboxylic acids is 4. The number of hydrogen-bond donors (Lipinski definition) is 2. The highest BCUT2D eigenvalue weighted by molar-refractivity contribution is 7.99. The first-order valence-electron chi connectivity index (χ1n) is 18.8. The van der Waals surface area contributed by atoms with Crippen molar-refractivity contribution in [3.63, 3.8) is 0 Å². The summed E-state index contributed by atoms with van der Waals surface area (Å²) in [6, 6.07) is 7.05. The number of aromatic nitrogens is 1. The van der Waals surface area contributed by atoms with Crippen LogP contribution in [0.5, 0.6) is 17.2 Å². The number of nitriles is 1. The molecule has 0 radical (unpaired) electrons. The fourth-order valence-electron chi connectivity index (χ4n) is 10.6. The number of Topliss-reactive ketones (excluding diaryl/α,β-unsaturated/α-hetero) is 2. The molecular formula is C41H39N5O9S. The number of para-hydroxylation sites is 1. The summed E-state index contributed by atoms with van der Waals surface area (Å²) in [6.45, 7) is 4.99. The molecule has 15 heteroatoms. The number of nitrogens with one attached hydrogen (secondary N) is 2. The summed E-state index contributed by atoms with van der Waals surface area (Å²) in [6.07, 6.45) is 0.865. The number of nitrogens with zero attached hydrogens (tertiary/aromatic N) is 3. The van der Waals surface area contributed by atoms with Crippen LogP contribution in [0.3, 0.4) is 0 Å². The number of rotatable bonds is 2. The number of fused-ring (bicyclic) bond motifs is 10. The topological polar surface area (TPSA) is 173 Å². The molecule has 1 spiro atoms. The van der Waals surface area contributed by atoms with Gasteiger partial charge in [0, 0.05) is 75.6 Å². The summed E-state index contributed by atoms with van der Waals surface area (Å²) in [4.78, 5) is 64.1. The molecule has 4 bridgehead atoms. The second-order valence-electron chi connectivity index (χ2n) is 15.5. The van der Waals surface area contributed by atoms with E-state index in [1.807, 2.05) is 38.2 Å². The van der Waals surface area contributed by atoms with Crippen molar-refractivity contribution < 1.29 is 42.9 Å². The summed E-state index contributed by atoms with van der Waals surface area (Å²) >= 11 is 1.46. The maximum atomic E-state index is 14.8. The monoisotopic (exact) mass is 777 g/mol. The van der Waals surface area contributed by atoms with Crippen molar-refractivity contribution in [3.05, 3.63) is 74.7 Å². The molecule has 56 heavy (non-hydrogen) atoms. The number of ether oxygens (including phenoxy) is 5. The van der Waals surface area contributed by atoms with Crippen LogP contribution < -0.4 is 19.5 Å². The van der Waals surface area contributed by atoms with Crippen LogP contribution in [-0.4, -0.2) is 102 Å². The lowest BCUT2D eigenvalue weighted by Gasteiger charge is -2.62. The third kappa shape index (κ3) is 4.49. The van der Waals surface area contributed by atoms with Crippen LogP contribution in [0.1, 0.15) is 59.5 Å². The minimum absolute atomic E-state index is 0.00178. The highest BCUT2D eigenvalue weighted by atomic mass is 32.2. The number of ketones is 2. The van der Waals surface area contributed by atoms with Crippen LogP contribution >= 0.6 is 11.8 Å². The van der Waals surface area contributed by atoms with E-state index < -0.39 is 52.9 Å². The van der Waals surface area contributed by atoms with E-state index in [9.17, 15) is 24.4 Å². The van der Waals surface area contributed by atoms with Crippen LogP contribution in [0.4, 0.5) is 0 Å². The van der Waals surface area contributed by atoms with Gasteiger partial charge in [0.25, 0.3) is 0 Å². The average Bonchev–Trinajstić information content (AvgIpc) is 3.83. The molecule has 7 atom stereocenters. The summed E-state index contributed by atoms with van der Waals surface area (Å²) in [5.41, 5.74) is 4.14. The number of allylic oxidation sites excluding steroid dienone is 2. The Morgan fingerprint density at radius 2 is 1.88 bits per heavy atom. The molecule has 2 N–H and O–H groups in total. The number of H-pyrrole nitrogens is 1. The van der Waals surface area contributed by atoms with Crippen molar-refractivity contribution in [2.24, 2.45) is 0 Å². The Balaban J connectivity index is 1.25. The van der Waals surface area contributed by atoms with Gasteiger partial charge in [0.15, 0.2) is 28.6 Å². The van der Waals surface area contributed by atoms with Gasteiger partial charge in [0.2, 0.25) is 12.6 Å². The Hall–Kier alpha value is -5.14. The van der Waals surface area contributed by atoms with Crippen LogP contribution in [0, 0.1) is 18.3 Å². The van der Waals surface area contributed by atoms with Crippen molar-refractivity contribution in [3.8, 4) is 23.3 Å². The van der Waals surface area contributed by atoms with E-state index in [1.165, 1.54) is 25.8 Å². The Labute approximate surface area is 326 Å². The molecule has 0 amide bonds. The molecule has 288 valence electrons. The van der Waals surface area contributed by atoms with E-state index in [0.29, 0.717) is 58.1 Å². The largest absolute Gasteiger partial charge is 0.492 e. The lowest BCUT2D eigenvalue weighted by Crippen LogP contribution is -2.73. The first-order valence-corrected chi connectivity index (χ1v) is 19.8. The summed E-state index contributed by atoms with van der Waals surface area (Å²) < 4.78 is 30.4. The fourth-order valence-corrected chi connectivity index (χ4v) is 12.3. The second kappa shape index (κ2) is 12.4. The molecule has 3 aromatic rings. The number of hydrogen-bond acceptors (Lipinski definition) is 14. The number of piperazine rings is 1. The first kappa shape index (κ1) is 35.3. The third-order valence-corrected chi connectivity index (χ3v) is 14.4. The number of likely N-dealkylation sites (N-methyl/N-ethyl adjacent to an activating group) is 1. The zero-order chi connectivity index (χ0) is 38.9. The second-order valence-corrected chi connectivity index (χ2v) is 16.6. The lowest BCUT2D eigenvalue weighted by atomic mass is 9.68. The van der Waals surface area contributed by atoms with Gasteiger partial charge in [-0.05, 0) is 45.4 Å². The molecule has 1 aromatic heterocycles. The van der Waals surface area contributed by atoms with Crippen LogP contribution in [0.15, 0.2) is 46.7 Å². The van der Waals surface area contributed by atoms with Gasteiger partial charge >= 0.3 is 11.9 Å². The van der Waals surface area contributed by atoms with Gasteiger partial charge in [-0.15, -0.1) is 11.8 Å². The van der Waals surface area contributed by atoms with Gasteiger partial charge in [0.1, 0.15) is 18.4 Å². The van der Waals surface area contributed by atoms with Gasteiger partial charge in [0.05, 0.1) is 36.2 Å². The summed E-state index contributed by atoms with van der Waals surface area (Å²) in [5.74, 6) is -0.337. The first-order chi connectivity index (χ1) is 27.0. The van der Waals surface area contributed by atoms with Crippen LogP contribution in [-0.2, 0) is 40.6 Å². The number of methoxy groups -OCH3 is 1. The van der Waals surface area contributed by atoms with E-state index in [4.69, 9.17) is 23.7 Å². The SMILES string of the molecule is COC1=C(C)C(=O)C2=C(C1=O)C1C3C4SC[C@]5(NCCc6c5[nH]c5ccccc65)C(=O)OC[C@@H](c5c6c(c(C)c(OC(C)=O)c54)OCO6)N3[C@@H](C#N)C(C2)N1C. The number of benzene rings is 2. The normalized spacial score (nSPS) is 30.8. The molecule has 2 fully saturated rings. The van der Waals surface area contributed by atoms with E-state index in [1.54, 1.807) is 6.92 Å². The quantitative estimate of drug-likeness (QED) is 0.220. The van der Waals surface area contributed by atoms with Crippen molar-refractivity contribution in [2.75, 3.05) is 39.9 Å². The van der Waals surface area contributed by atoms with Crippen molar-refractivity contribution >= 4 is 46.2 Å². The fraction of sp³-hybridized carbons (Fsp3) is 0.439. The minimum Gasteiger partial charge on any atom is -0.492 e. The minimum atomic E-state index is -1.30. The molecule has 4 unspecified atom stereocenters. The molecule has 2 saturated heterocycles. The predicted octanol–water partition coefficient (Wildman–Crippen LogP) is 3.58. The Morgan fingerprint density at radius 3 is 2.64 bits per heavy atom. The van der Waals surface area contributed by atoms with Crippen molar-refractivity contribution in [1.82, 2.24) is 20.1 Å². The van der Waals surface area contributed by atoms with E-state index in [-0.39, 0.29) is 48.5 Å². The Kier molecular flexibility index (Phi) is 7.83. The van der Waals surface area contributed by atoms with E-state index in [0.717, 1.165) is 22.2 Å². The molecular weight excluding hydrogens is 739 g/mol. The third-order valence-electron chi connectivity index (χ3n) is 12.9. The molecule has 8 heterocycles. The molecule has 1 aliphatic carbocycles.